The molecular formula is C17H25NO6. The van der Waals surface area contributed by atoms with Crippen molar-refractivity contribution in [2.24, 2.45) is 0 Å². The second-order valence-electron chi connectivity index (χ2n) is 5.01. The molecular weight excluding hydrogens is 314 g/mol. The number of esters is 2. The van der Waals surface area contributed by atoms with E-state index in [1.54, 1.807) is 30.9 Å². The van der Waals surface area contributed by atoms with Gasteiger partial charge >= 0.3 is 11.9 Å². The minimum absolute atomic E-state index is 0.106. The topological polar surface area (TPSA) is 85.3 Å². The molecule has 0 saturated carbocycles. The summed E-state index contributed by atoms with van der Waals surface area (Å²) in [5.41, 5.74) is 1.52. The van der Waals surface area contributed by atoms with Gasteiger partial charge in [-0.15, -0.1) is 0 Å². The zero-order chi connectivity index (χ0) is 17.9. The lowest BCUT2D eigenvalue weighted by atomic mass is 10.2. The van der Waals surface area contributed by atoms with E-state index in [0.29, 0.717) is 11.4 Å². The number of aliphatic hydroxyl groups is 1. The molecule has 0 amide bonds. The van der Waals surface area contributed by atoms with Gasteiger partial charge in [-0.3, -0.25) is 9.59 Å². The SMILES string of the molecule is CCOC(=O)CN(CC(=O)OCC)c1ccc(C)cc1OCCO. The van der Waals surface area contributed by atoms with Crippen molar-refractivity contribution in [1.82, 2.24) is 0 Å². The molecule has 1 N–H and O–H groups in total. The Bertz CT molecular complexity index is 526. The van der Waals surface area contributed by atoms with Crippen LogP contribution in [0.4, 0.5) is 5.69 Å². The first-order chi connectivity index (χ1) is 11.5. The maximum absolute atomic E-state index is 11.9. The van der Waals surface area contributed by atoms with Crippen LogP contribution in [0.5, 0.6) is 5.75 Å². The fraction of sp³-hybridized carbons (Fsp3) is 0.529. The van der Waals surface area contributed by atoms with Crippen LogP contribution < -0.4 is 9.64 Å². The molecule has 7 nitrogen and oxygen atoms in total. The molecule has 134 valence electrons. The molecule has 0 aliphatic carbocycles. The Kier molecular flexibility index (Phi) is 8.64. The summed E-state index contributed by atoms with van der Waals surface area (Å²) in [5, 5.41) is 8.97. The molecule has 0 atom stereocenters. The molecule has 0 bridgehead atoms. The van der Waals surface area contributed by atoms with Crippen LogP contribution in [0.25, 0.3) is 0 Å². The summed E-state index contributed by atoms with van der Waals surface area (Å²) in [4.78, 5) is 25.3. The number of aryl methyl sites for hydroxylation is 1. The highest BCUT2D eigenvalue weighted by molar-refractivity contribution is 5.82. The number of carbonyl (C=O) groups is 2. The molecule has 0 aliphatic heterocycles. The van der Waals surface area contributed by atoms with Crippen LogP contribution in [0.2, 0.25) is 0 Å². The number of anilines is 1. The van der Waals surface area contributed by atoms with Gasteiger partial charge in [0.15, 0.2) is 0 Å². The van der Waals surface area contributed by atoms with E-state index < -0.39 is 11.9 Å². The summed E-state index contributed by atoms with van der Waals surface area (Å²) in [5.74, 6) is -0.413. The monoisotopic (exact) mass is 339 g/mol. The first-order valence-electron chi connectivity index (χ1n) is 7.92. The fourth-order valence-corrected chi connectivity index (χ4v) is 2.10. The average molecular weight is 339 g/mol. The zero-order valence-electron chi connectivity index (χ0n) is 14.4. The number of ether oxygens (including phenoxy) is 3. The third-order valence-corrected chi connectivity index (χ3v) is 3.06. The van der Waals surface area contributed by atoms with Crippen LogP contribution in [0.15, 0.2) is 18.2 Å². The first-order valence-corrected chi connectivity index (χ1v) is 7.92. The predicted octanol–water partition coefficient (Wildman–Crippen LogP) is 1.30. The van der Waals surface area contributed by atoms with E-state index in [4.69, 9.17) is 19.3 Å². The molecule has 7 heteroatoms. The van der Waals surface area contributed by atoms with Gasteiger partial charge in [0, 0.05) is 0 Å². The fourth-order valence-electron chi connectivity index (χ4n) is 2.10. The van der Waals surface area contributed by atoms with E-state index in [9.17, 15) is 9.59 Å². The summed E-state index contributed by atoms with van der Waals surface area (Å²) in [6, 6.07) is 5.40. The van der Waals surface area contributed by atoms with Gasteiger partial charge in [0.2, 0.25) is 0 Å². The highest BCUT2D eigenvalue weighted by Crippen LogP contribution is 2.29. The summed E-state index contributed by atoms with van der Waals surface area (Å²) >= 11 is 0. The van der Waals surface area contributed by atoms with E-state index in [1.165, 1.54) is 0 Å². The normalized spacial score (nSPS) is 10.2. The van der Waals surface area contributed by atoms with Crippen LogP contribution in [0.3, 0.4) is 0 Å². The number of nitrogens with zero attached hydrogens (tertiary/aromatic N) is 1. The zero-order valence-corrected chi connectivity index (χ0v) is 14.4. The van der Waals surface area contributed by atoms with Crippen LogP contribution in [-0.2, 0) is 19.1 Å². The van der Waals surface area contributed by atoms with Gasteiger partial charge in [-0.25, -0.2) is 0 Å². The quantitative estimate of drug-likeness (QED) is 0.643. The first kappa shape index (κ1) is 19.8. The standard InChI is InChI=1S/C17H25NO6/c1-4-22-16(20)11-18(12-17(21)23-5-2)14-7-6-13(3)10-15(14)24-9-8-19/h6-7,10,19H,4-5,8-9,11-12H2,1-3H3. The Morgan fingerprint density at radius 2 is 1.67 bits per heavy atom. The molecule has 24 heavy (non-hydrogen) atoms. The van der Waals surface area contributed by atoms with Crippen molar-refractivity contribution in [3.05, 3.63) is 23.8 Å². The van der Waals surface area contributed by atoms with Crippen LogP contribution >= 0.6 is 0 Å². The van der Waals surface area contributed by atoms with Crippen molar-refractivity contribution in [2.75, 3.05) is 44.4 Å². The van der Waals surface area contributed by atoms with Gasteiger partial charge in [0.05, 0.1) is 25.5 Å². The smallest absolute Gasteiger partial charge is 0.325 e. The summed E-state index contributed by atoms with van der Waals surface area (Å²) in [7, 11) is 0. The van der Waals surface area contributed by atoms with Crippen LogP contribution in [0.1, 0.15) is 19.4 Å². The van der Waals surface area contributed by atoms with Gasteiger partial charge in [-0.1, -0.05) is 6.07 Å². The molecule has 1 aromatic carbocycles. The number of hydrogen-bond acceptors (Lipinski definition) is 7. The van der Waals surface area contributed by atoms with Crippen molar-refractivity contribution in [3.63, 3.8) is 0 Å². The van der Waals surface area contributed by atoms with Crippen LogP contribution in [-0.4, -0.2) is 56.6 Å². The minimum Gasteiger partial charge on any atom is -0.489 e. The molecule has 0 heterocycles. The lowest BCUT2D eigenvalue weighted by Crippen LogP contribution is -2.36. The van der Waals surface area contributed by atoms with Crippen molar-refractivity contribution in [2.45, 2.75) is 20.8 Å². The predicted molar refractivity (Wildman–Crippen MR) is 89.2 cm³/mol. The van der Waals surface area contributed by atoms with Gasteiger partial charge in [-0.2, -0.15) is 0 Å². The highest BCUT2D eigenvalue weighted by Gasteiger charge is 2.20. The Labute approximate surface area is 142 Å². The highest BCUT2D eigenvalue weighted by atomic mass is 16.5. The largest absolute Gasteiger partial charge is 0.489 e. The van der Waals surface area contributed by atoms with Gasteiger partial charge in [-0.05, 0) is 38.5 Å². The third-order valence-electron chi connectivity index (χ3n) is 3.06. The molecule has 0 radical (unpaired) electrons. The molecule has 0 fully saturated rings. The van der Waals surface area contributed by atoms with Crippen molar-refractivity contribution in [1.29, 1.82) is 0 Å². The lowest BCUT2D eigenvalue weighted by Gasteiger charge is -2.25. The van der Waals surface area contributed by atoms with E-state index in [-0.39, 0.29) is 39.5 Å². The summed E-state index contributed by atoms with van der Waals surface area (Å²) < 4.78 is 15.5. The third kappa shape index (κ3) is 6.45. The molecule has 1 rings (SSSR count). The maximum Gasteiger partial charge on any atom is 0.325 e. The second kappa shape index (κ2) is 10.5. The number of rotatable bonds is 10. The minimum atomic E-state index is -0.449. The molecule has 0 unspecified atom stereocenters. The Morgan fingerprint density at radius 1 is 1.08 bits per heavy atom. The van der Waals surface area contributed by atoms with Crippen LogP contribution in [0, 0.1) is 6.92 Å². The number of aliphatic hydroxyl groups excluding tert-OH is 1. The average Bonchev–Trinajstić information content (AvgIpc) is 2.53. The number of hydrogen-bond donors (Lipinski definition) is 1. The molecule has 0 saturated heterocycles. The Morgan fingerprint density at radius 3 is 2.17 bits per heavy atom. The number of benzene rings is 1. The summed E-state index contributed by atoms with van der Waals surface area (Å²) in [6.07, 6.45) is 0. The second-order valence-corrected chi connectivity index (χ2v) is 5.01. The van der Waals surface area contributed by atoms with E-state index in [0.717, 1.165) is 5.56 Å². The van der Waals surface area contributed by atoms with Crippen molar-refractivity contribution >= 4 is 17.6 Å². The van der Waals surface area contributed by atoms with Gasteiger partial charge in [0.1, 0.15) is 25.4 Å². The maximum atomic E-state index is 11.9. The van der Waals surface area contributed by atoms with E-state index >= 15 is 0 Å². The lowest BCUT2D eigenvalue weighted by molar-refractivity contribution is -0.142. The van der Waals surface area contributed by atoms with Crippen molar-refractivity contribution < 1.29 is 28.9 Å². The van der Waals surface area contributed by atoms with Gasteiger partial charge < -0.3 is 24.2 Å². The molecule has 0 aromatic heterocycles. The molecule has 1 aromatic rings. The van der Waals surface area contributed by atoms with Gasteiger partial charge in [0.25, 0.3) is 0 Å². The summed E-state index contributed by atoms with van der Waals surface area (Å²) in [6.45, 7) is 5.62. The van der Waals surface area contributed by atoms with E-state index in [2.05, 4.69) is 0 Å². The Balaban J connectivity index is 3.07. The molecule has 0 aliphatic rings. The molecule has 0 spiro atoms. The number of carbonyl (C=O) groups excluding carboxylic acids is 2. The van der Waals surface area contributed by atoms with Crippen molar-refractivity contribution in [3.8, 4) is 5.75 Å². The van der Waals surface area contributed by atoms with E-state index in [1.807, 2.05) is 13.0 Å². The Hall–Kier alpha value is -2.28.